The van der Waals surface area contributed by atoms with Crippen molar-refractivity contribution < 1.29 is 9.50 Å². The van der Waals surface area contributed by atoms with Gasteiger partial charge in [0.15, 0.2) is 0 Å². The predicted octanol–water partition coefficient (Wildman–Crippen LogP) is 3.41. The maximum atomic E-state index is 13.7. The molecule has 88 valence electrons. The number of benzene rings is 1. The first-order valence-electron chi connectivity index (χ1n) is 6.20. The molecule has 0 atom stereocenters. The molecule has 0 saturated heterocycles. The summed E-state index contributed by atoms with van der Waals surface area (Å²) in [5.41, 5.74) is 1.76. The molecule has 1 aliphatic rings. The Bertz CT molecular complexity index is 343. The summed E-state index contributed by atoms with van der Waals surface area (Å²) in [5.74, 6) is 0.392. The SMILES string of the molecule is OCCc1ccc(C2CCCCC2)cc1F. The maximum Gasteiger partial charge on any atom is 0.126 e. The van der Waals surface area contributed by atoms with Crippen molar-refractivity contribution in [2.45, 2.75) is 44.4 Å². The molecule has 0 aliphatic heterocycles. The van der Waals surface area contributed by atoms with E-state index < -0.39 is 0 Å². The van der Waals surface area contributed by atoms with E-state index in [0.29, 0.717) is 17.9 Å². The molecule has 0 spiro atoms. The Labute approximate surface area is 96.3 Å². The van der Waals surface area contributed by atoms with E-state index in [9.17, 15) is 4.39 Å². The summed E-state index contributed by atoms with van der Waals surface area (Å²) >= 11 is 0. The van der Waals surface area contributed by atoms with E-state index in [0.717, 1.165) is 5.56 Å². The minimum Gasteiger partial charge on any atom is -0.396 e. The number of halogens is 1. The van der Waals surface area contributed by atoms with Crippen LogP contribution < -0.4 is 0 Å². The van der Waals surface area contributed by atoms with Gasteiger partial charge in [0, 0.05) is 6.61 Å². The second kappa shape index (κ2) is 5.44. The van der Waals surface area contributed by atoms with Gasteiger partial charge in [-0.15, -0.1) is 0 Å². The van der Waals surface area contributed by atoms with Crippen LogP contribution in [0.15, 0.2) is 18.2 Å². The Kier molecular flexibility index (Phi) is 3.94. The van der Waals surface area contributed by atoms with Gasteiger partial charge in [0.05, 0.1) is 0 Å². The van der Waals surface area contributed by atoms with Crippen LogP contribution in [-0.4, -0.2) is 11.7 Å². The Hall–Kier alpha value is -0.890. The highest BCUT2D eigenvalue weighted by Crippen LogP contribution is 2.33. The highest BCUT2D eigenvalue weighted by molar-refractivity contribution is 5.27. The predicted molar refractivity (Wildman–Crippen MR) is 63.0 cm³/mol. The lowest BCUT2D eigenvalue weighted by Gasteiger charge is -2.22. The van der Waals surface area contributed by atoms with Crippen molar-refractivity contribution in [2.75, 3.05) is 6.61 Å². The van der Waals surface area contributed by atoms with Crippen LogP contribution in [-0.2, 0) is 6.42 Å². The number of aliphatic hydroxyl groups is 1. The van der Waals surface area contributed by atoms with Crippen LogP contribution >= 0.6 is 0 Å². The molecule has 1 fully saturated rings. The van der Waals surface area contributed by atoms with Crippen LogP contribution in [0.5, 0.6) is 0 Å². The fraction of sp³-hybridized carbons (Fsp3) is 0.571. The molecule has 0 unspecified atom stereocenters. The molecule has 16 heavy (non-hydrogen) atoms. The molecular formula is C14H19FO. The average Bonchev–Trinajstić information content (AvgIpc) is 2.33. The highest BCUT2D eigenvalue weighted by atomic mass is 19.1. The topological polar surface area (TPSA) is 20.2 Å². The van der Waals surface area contributed by atoms with Crippen molar-refractivity contribution in [2.24, 2.45) is 0 Å². The van der Waals surface area contributed by atoms with Gasteiger partial charge in [-0.25, -0.2) is 4.39 Å². The second-order valence-electron chi connectivity index (χ2n) is 4.66. The molecule has 1 saturated carbocycles. The van der Waals surface area contributed by atoms with E-state index in [-0.39, 0.29) is 12.4 Å². The summed E-state index contributed by atoms with van der Waals surface area (Å²) in [5, 5.41) is 8.80. The van der Waals surface area contributed by atoms with Crippen molar-refractivity contribution in [1.29, 1.82) is 0 Å². The van der Waals surface area contributed by atoms with E-state index in [1.165, 1.54) is 32.1 Å². The van der Waals surface area contributed by atoms with Gasteiger partial charge in [-0.1, -0.05) is 31.4 Å². The molecule has 2 rings (SSSR count). The second-order valence-corrected chi connectivity index (χ2v) is 4.66. The van der Waals surface area contributed by atoms with E-state index in [2.05, 4.69) is 0 Å². The zero-order valence-electron chi connectivity index (χ0n) is 9.58. The molecule has 1 aromatic carbocycles. The number of rotatable bonds is 3. The van der Waals surface area contributed by atoms with Gasteiger partial charge in [-0.05, 0) is 42.4 Å². The first kappa shape index (κ1) is 11.6. The van der Waals surface area contributed by atoms with E-state index in [1.807, 2.05) is 12.1 Å². The fourth-order valence-electron chi connectivity index (χ4n) is 2.58. The molecule has 2 heteroatoms. The molecule has 1 N–H and O–H groups in total. The summed E-state index contributed by atoms with van der Waals surface area (Å²) in [6.45, 7) is 0.0136. The maximum absolute atomic E-state index is 13.7. The number of hydrogen-bond donors (Lipinski definition) is 1. The quantitative estimate of drug-likeness (QED) is 0.831. The lowest BCUT2D eigenvalue weighted by atomic mass is 9.84. The standard InChI is InChI=1S/C14H19FO/c15-14-10-13(7-6-12(14)8-9-16)11-4-2-1-3-5-11/h6-7,10-11,16H,1-5,8-9H2. The van der Waals surface area contributed by atoms with E-state index in [1.54, 1.807) is 6.07 Å². The minimum absolute atomic E-state index is 0.0136. The lowest BCUT2D eigenvalue weighted by molar-refractivity contribution is 0.297. The van der Waals surface area contributed by atoms with Gasteiger partial charge in [-0.2, -0.15) is 0 Å². The van der Waals surface area contributed by atoms with E-state index >= 15 is 0 Å². The van der Waals surface area contributed by atoms with Crippen molar-refractivity contribution in [3.05, 3.63) is 35.1 Å². The number of hydrogen-bond acceptors (Lipinski definition) is 1. The molecule has 1 nitrogen and oxygen atoms in total. The van der Waals surface area contributed by atoms with Crippen molar-refractivity contribution in [3.63, 3.8) is 0 Å². The average molecular weight is 222 g/mol. The highest BCUT2D eigenvalue weighted by Gasteiger charge is 2.16. The van der Waals surface area contributed by atoms with Gasteiger partial charge in [-0.3, -0.25) is 0 Å². The Morgan fingerprint density at radius 3 is 2.56 bits per heavy atom. The molecule has 1 aliphatic carbocycles. The molecule has 0 heterocycles. The molecule has 0 amide bonds. The zero-order chi connectivity index (χ0) is 11.4. The summed E-state index contributed by atoms with van der Waals surface area (Å²) in [6.07, 6.45) is 6.66. The summed E-state index contributed by atoms with van der Waals surface area (Å²) in [4.78, 5) is 0. The monoisotopic (exact) mass is 222 g/mol. The Morgan fingerprint density at radius 1 is 1.19 bits per heavy atom. The smallest absolute Gasteiger partial charge is 0.126 e. The van der Waals surface area contributed by atoms with Crippen molar-refractivity contribution in [1.82, 2.24) is 0 Å². The van der Waals surface area contributed by atoms with Gasteiger partial charge in [0.1, 0.15) is 5.82 Å². The number of aliphatic hydroxyl groups excluding tert-OH is 1. The summed E-state index contributed by atoms with van der Waals surface area (Å²) in [6, 6.07) is 5.53. The Balaban J connectivity index is 2.13. The molecule has 0 radical (unpaired) electrons. The normalized spacial score (nSPS) is 17.6. The zero-order valence-corrected chi connectivity index (χ0v) is 9.58. The lowest BCUT2D eigenvalue weighted by Crippen LogP contribution is -2.05. The Morgan fingerprint density at radius 2 is 1.94 bits per heavy atom. The van der Waals surface area contributed by atoms with Gasteiger partial charge >= 0.3 is 0 Å². The molecule has 0 aromatic heterocycles. The first-order valence-corrected chi connectivity index (χ1v) is 6.20. The third-order valence-corrected chi connectivity index (χ3v) is 3.53. The third kappa shape index (κ3) is 2.62. The third-order valence-electron chi connectivity index (χ3n) is 3.53. The van der Waals surface area contributed by atoms with Crippen LogP contribution in [0.2, 0.25) is 0 Å². The van der Waals surface area contributed by atoms with Crippen LogP contribution in [0.25, 0.3) is 0 Å². The summed E-state index contributed by atoms with van der Waals surface area (Å²) in [7, 11) is 0. The van der Waals surface area contributed by atoms with Crippen molar-refractivity contribution in [3.8, 4) is 0 Å². The van der Waals surface area contributed by atoms with Crippen molar-refractivity contribution >= 4 is 0 Å². The van der Waals surface area contributed by atoms with Crippen LogP contribution in [0.3, 0.4) is 0 Å². The summed E-state index contributed by atoms with van der Waals surface area (Å²) < 4.78 is 13.7. The van der Waals surface area contributed by atoms with Gasteiger partial charge in [0.25, 0.3) is 0 Å². The molecular weight excluding hydrogens is 203 g/mol. The van der Waals surface area contributed by atoms with E-state index in [4.69, 9.17) is 5.11 Å². The largest absolute Gasteiger partial charge is 0.396 e. The molecule has 0 bridgehead atoms. The van der Waals surface area contributed by atoms with Crippen LogP contribution in [0.4, 0.5) is 4.39 Å². The fourth-order valence-corrected chi connectivity index (χ4v) is 2.58. The molecule has 1 aromatic rings. The minimum atomic E-state index is -0.155. The first-order chi connectivity index (χ1) is 7.81. The van der Waals surface area contributed by atoms with Crippen LogP contribution in [0.1, 0.15) is 49.1 Å². The van der Waals surface area contributed by atoms with Gasteiger partial charge in [0.2, 0.25) is 0 Å². The van der Waals surface area contributed by atoms with Gasteiger partial charge < -0.3 is 5.11 Å². The van der Waals surface area contributed by atoms with Crippen LogP contribution in [0, 0.1) is 5.82 Å².